The zero-order valence-corrected chi connectivity index (χ0v) is 18.0. The lowest BCUT2D eigenvalue weighted by Crippen LogP contribution is -2.51. The van der Waals surface area contributed by atoms with Crippen LogP contribution in [0.5, 0.6) is 0 Å². The molecule has 3 atom stereocenters. The van der Waals surface area contributed by atoms with Gasteiger partial charge in [-0.25, -0.2) is 4.79 Å². The van der Waals surface area contributed by atoms with Crippen molar-refractivity contribution in [3.8, 4) is 0 Å². The molecule has 2 heterocycles. The Labute approximate surface area is 183 Å². The number of likely N-dealkylation sites (tertiary alicyclic amines) is 1. The van der Waals surface area contributed by atoms with Gasteiger partial charge in [0.15, 0.2) is 0 Å². The largest absolute Gasteiger partial charge is 0.466 e. The highest BCUT2D eigenvalue weighted by Crippen LogP contribution is 2.59. The van der Waals surface area contributed by atoms with Gasteiger partial charge in [0.25, 0.3) is 0 Å². The molecule has 1 spiro atoms. The number of anilines is 1. The Hall–Kier alpha value is -2.63. The van der Waals surface area contributed by atoms with Crippen LogP contribution in [0.2, 0.25) is 0 Å². The molecular formula is C26H30N2O3. The van der Waals surface area contributed by atoms with Gasteiger partial charge < -0.3 is 15.2 Å². The van der Waals surface area contributed by atoms with Gasteiger partial charge in [-0.1, -0.05) is 48.5 Å². The van der Waals surface area contributed by atoms with Crippen molar-refractivity contribution in [2.45, 2.75) is 43.7 Å². The molecule has 1 saturated heterocycles. The third-order valence-corrected chi connectivity index (χ3v) is 7.41. The predicted molar refractivity (Wildman–Crippen MR) is 120 cm³/mol. The molecule has 0 radical (unpaired) electrons. The third-order valence-electron chi connectivity index (χ3n) is 7.41. The normalized spacial score (nSPS) is 26.8. The van der Waals surface area contributed by atoms with Gasteiger partial charge in [-0.2, -0.15) is 0 Å². The number of methoxy groups -OCH3 is 1. The molecule has 3 aliphatic rings. The van der Waals surface area contributed by atoms with Crippen molar-refractivity contribution in [3.05, 3.63) is 77.0 Å². The number of hydrogen-bond donors (Lipinski definition) is 2. The van der Waals surface area contributed by atoms with Crippen molar-refractivity contribution in [3.63, 3.8) is 0 Å². The second-order valence-electron chi connectivity index (χ2n) is 8.97. The van der Waals surface area contributed by atoms with Crippen molar-refractivity contribution in [1.29, 1.82) is 0 Å². The van der Waals surface area contributed by atoms with Crippen LogP contribution in [0.15, 0.2) is 65.9 Å². The molecule has 2 aromatic carbocycles. The lowest BCUT2D eigenvalue weighted by molar-refractivity contribution is -0.136. The quantitative estimate of drug-likeness (QED) is 0.698. The molecule has 2 N–H and O–H groups in total. The summed E-state index contributed by atoms with van der Waals surface area (Å²) in [7, 11) is 1.47. The first-order valence-corrected chi connectivity index (χ1v) is 11.3. The van der Waals surface area contributed by atoms with E-state index < -0.39 is 0 Å². The van der Waals surface area contributed by atoms with Crippen molar-refractivity contribution in [1.82, 2.24) is 4.90 Å². The van der Waals surface area contributed by atoms with E-state index in [0.717, 1.165) is 49.3 Å². The van der Waals surface area contributed by atoms with Crippen LogP contribution in [0, 0.1) is 5.92 Å². The van der Waals surface area contributed by atoms with Crippen molar-refractivity contribution in [2.75, 3.05) is 25.6 Å². The number of fused-ring (bicyclic) bond motifs is 1. The van der Waals surface area contributed by atoms with Gasteiger partial charge in [0.05, 0.1) is 18.1 Å². The number of benzene rings is 2. The summed E-state index contributed by atoms with van der Waals surface area (Å²) in [5.74, 6) is 0.0489. The second-order valence-corrected chi connectivity index (χ2v) is 8.97. The van der Waals surface area contributed by atoms with E-state index in [1.807, 2.05) is 6.07 Å². The maximum atomic E-state index is 12.9. The fourth-order valence-corrected chi connectivity index (χ4v) is 6.29. The highest BCUT2D eigenvalue weighted by Gasteiger charge is 2.60. The monoisotopic (exact) mass is 418 g/mol. The highest BCUT2D eigenvalue weighted by atomic mass is 16.5. The summed E-state index contributed by atoms with van der Waals surface area (Å²) in [6.07, 6.45) is 3.29. The fourth-order valence-electron chi connectivity index (χ4n) is 6.29. The highest BCUT2D eigenvalue weighted by molar-refractivity contribution is 5.93. The van der Waals surface area contributed by atoms with Gasteiger partial charge in [-0.3, -0.25) is 4.90 Å². The Bertz CT molecular complexity index is 1000. The number of para-hydroxylation sites is 1. The minimum Gasteiger partial charge on any atom is -0.466 e. The molecule has 5 heteroatoms. The Morgan fingerprint density at radius 3 is 2.74 bits per heavy atom. The smallest absolute Gasteiger partial charge is 0.335 e. The number of carbonyl (C=O) groups is 1. The number of nitrogens with one attached hydrogen (secondary N) is 1. The van der Waals surface area contributed by atoms with E-state index in [4.69, 9.17) is 4.74 Å². The predicted octanol–water partition coefficient (Wildman–Crippen LogP) is 3.84. The van der Waals surface area contributed by atoms with Crippen molar-refractivity contribution in [2.24, 2.45) is 5.92 Å². The first-order chi connectivity index (χ1) is 15.2. The first-order valence-electron chi connectivity index (χ1n) is 11.3. The Morgan fingerprint density at radius 1 is 1.19 bits per heavy atom. The van der Waals surface area contributed by atoms with Gasteiger partial charge in [0, 0.05) is 37.1 Å². The molecule has 31 heavy (non-hydrogen) atoms. The maximum absolute atomic E-state index is 12.9. The number of nitrogens with zero attached hydrogens (tertiary/aromatic N) is 1. The summed E-state index contributed by atoms with van der Waals surface area (Å²) < 4.78 is 5.22. The van der Waals surface area contributed by atoms with Crippen LogP contribution < -0.4 is 5.32 Å². The van der Waals surface area contributed by atoms with Crippen molar-refractivity contribution >= 4 is 11.7 Å². The van der Waals surface area contributed by atoms with Gasteiger partial charge in [-0.05, 0) is 48.8 Å². The van der Waals surface area contributed by atoms with Gasteiger partial charge in [0.1, 0.15) is 0 Å². The number of ether oxygens (including phenoxy) is 1. The summed E-state index contributed by atoms with van der Waals surface area (Å²) >= 11 is 0. The van der Waals surface area contributed by atoms with Crippen LogP contribution in [-0.4, -0.2) is 42.3 Å². The molecule has 0 saturated carbocycles. The van der Waals surface area contributed by atoms with Crippen LogP contribution >= 0.6 is 0 Å². The van der Waals surface area contributed by atoms with E-state index in [2.05, 4.69) is 58.7 Å². The number of carbonyl (C=O) groups excluding carboxylic acids is 1. The standard InChI is InChI=1S/C26H30N2O3/c1-31-25(30)20-16-19(10-7-15-29)24-26(21-11-5-6-12-22(21)27-23(20)26)13-14-28(24)17-18-8-3-2-4-9-18/h2-6,8-9,11-12,19,24,27,29H,7,10,13-17H2,1H3. The van der Waals surface area contributed by atoms with E-state index in [-0.39, 0.29) is 30.0 Å². The number of esters is 1. The molecule has 0 aromatic heterocycles. The summed E-state index contributed by atoms with van der Waals surface area (Å²) in [5.41, 5.74) is 5.30. The SMILES string of the molecule is COC(=O)C1=C2Nc3ccccc3C23CCN(Cc2ccccc2)C3C(CCCO)C1. The Kier molecular flexibility index (Phi) is 5.32. The molecule has 1 aliphatic carbocycles. The molecular weight excluding hydrogens is 388 g/mol. The molecule has 162 valence electrons. The second kappa shape index (κ2) is 8.13. The van der Waals surface area contributed by atoms with Crippen LogP contribution in [0.1, 0.15) is 36.8 Å². The number of hydrogen-bond acceptors (Lipinski definition) is 5. The molecule has 0 amide bonds. The fraction of sp³-hybridized carbons (Fsp3) is 0.423. The molecule has 2 aromatic rings. The topological polar surface area (TPSA) is 61.8 Å². The molecule has 5 nitrogen and oxygen atoms in total. The maximum Gasteiger partial charge on any atom is 0.335 e. The molecule has 1 fully saturated rings. The van der Waals surface area contributed by atoms with Crippen LogP contribution in [-0.2, 0) is 21.5 Å². The van der Waals surface area contributed by atoms with Gasteiger partial charge in [0.2, 0.25) is 0 Å². The first kappa shape index (κ1) is 20.3. The molecule has 5 rings (SSSR count). The zero-order chi connectivity index (χ0) is 21.4. The molecule has 2 aliphatic heterocycles. The van der Waals surface area contributed by atoms with Gasteiger partial charge >= 0.3 is 5.97 Å². The Morgan fingerprint density at radius 2 is 1.97 bits per heavy atom. The Balaban J connectivity index is 1.64. The average Bonchev–Trinajstić information content (AvgIpc) is 3.35. The number of aliphatic hydroxyl groups excluding tert-OH is 1. The summed E-state index contributed by atoms with van der Waals surface area (Å²) in [5, 5.41) is 13.2. The van der Waals surface area contributed by atoms with Gasteiger partial charge in [-0.15, -0.1) is 0 Å². The third kappa shape index (κ3) is 3.19. The lowest BCUT2D eigenvalue weighted by atomic mass is 9.62. The number of rotatable bonds is 6. The van der Waals surface area contributed by atoms with E-state index in [9.17, 15) is 9.90 Å². The van der Waals surface area contributed by atoms with Crippen LogP contribution in [0.3, 0.4) is 0 Å². The summed E-state index contributed by atoms with van der Waals surface area (Å²) in [6, 6.07) is 19.4. The minimum atomic E-state index is -0.233. The van der Waals surface area contributed by atoms with E-state index in [0.29, 0.717) is 6.42 Å². The van der Waals surface area contributed by atoms with Crippen molar-refractivity contribution < 1.29 is 14.6 Å². The molecule has 0 bridgehead atoms. The summed E-state index contributed by atoms with van der Waals surface area (Å²) in [6.45, 7) is 2.04. The van der Waals surface area contributed by atoms with Crippen LogP contribution in [0.25, 0.3) is 0 Å². The average molecular weight is 419 g/mol. The zero-order valence-electron chi connectivity index (χ0n) is 18.0. The van der Waals surface area contributed by atoms with E-state index in [1.165, 1.54) is 18.2 Å². The van der Waals surface area contributed by atoms with E-state index in [1.54, 1.807) is 0 Å². The van der Waals surface area contributed by atoms with E-state index >= 15 is 0 Å². The van der Waals surface area contributed by atoms with Crippen LogP contribution in [0.4, 0.5) is 5.69 Å². The lowest BCUT2D eigenvalue weighted by Gasteiger charge is -2.46. The minimum absolute atomic E-state index is 0.174. The number of aliphatic hydroxyl groups is 1. The molecule has 3 unspecified atom stereocenters. The summed E-state index contributed by atoms with van der Waals surface area (Å²) in [4.78, 5) is 15.5.